The lowest BCUT2D eigenvalue weighted by molar-refractivity contribution is -0.151. The quantitative estimate of drug-likeness (QED) is 0.506. The van der Waals surface area contributed by atoms with Crippen molar-refractivity contribution in [3.63, 3.8) is 0 Å². The number of hydrogen-bond donors (Lipinski definition) is 1. The Morgan fingerprint density at radius 1 is 1.28 bits per heavy atom. The van der Waals surface area contributed by atoms with Crippen LogP contribution in [0.1, 0.15) is 82.5 Å². The minimum Gasteiger partial charge on any atom is -0.488 e. The van der Waals surface area contributed by atoms with E-state index in [0.717, 1.165) is 50.0 Å². The number of aromatic nitrogens is 4. The van der Waals surface area contributed by atoms with Crippen LogP contribution in [0.3, 0.4) is 0 Å². The van der Waals surface area contributed by atoms with Gasteiger partial charge in [-0.1, -0.05) is 18.6 Å². The number of ether oxygens (including phenoxy) is 2. The predicted molar refractivity (Wildman–Crippen MR) is 133 cm³/mol. The smallest absolute Gasteiger partial charge is 0.409 e. The summed E-state index contributed by atoms with van der Waals surface area (Å²) < 4.78 is 13.5. The fourth-order valence-electron chi connectivity index (χ4n) is 4.71. The average Bonchev–Trinajstić information content (AvgIpc) is 3.63. The van der Waals surface area contributed by atoms with Crippen LogP contribution in [-0.4, -0.2) is 61.7 Å². The normalized spacial score (nSPS) is 21.7. The minimum atomic E-state index is -0.765. The first-order chi connectivity index (χ1) is 17.2. The molecule has 10 nitrogen and oxygen atoms in total. The highest BCUT2D eigenvalue weighted by Crippen LogP contribution is 2.45. The number of carboxylic acid groups (broad SMARTS) is 1. The molecule has 2 aromatic rings. The van der Waals surface area contributed by atoms with E-state index in [1.807, 2.05) is 12.1 Å². The molecule has 10 heteroatoms. The number of aliphatic carboxylic acids is 1. The maximum atomic E-state index is 12.4. The molecule has 2 aliphatic rings. The number of aryl methyl sites for hydroxylation is 1. The molecule has 2 atom stereocenters. The molecule has 0 saturated heterocycles. The molecule has 0 unspecified atom stereocenters. The molecule has 0 radical (unpaired) electrons. The summed E-state index contributed by atoms with van der Waals surface area (Å²) in [6, 6.07) is 3.76. The lowest BCUT2D eigenvalue weighted by Crippen LogP contribution is -2.38. The van der Waals surface area contributed by atoms with Crippen molar-refractivity contribution in [3.8, 4) is 17.1 Å². The molecule has 196 valence electrons. The van der Waals surface area contributed by atoms with E-state index in [1.165, 1.54) is 0 Å². The Bertz CT molecular complexity index is 1100. The molecule has 2 fully saturated rings. The molecule has 1 amide bonds. The van der Waals surface area contributed by atoms with E-state index in [9.17, 15) is 14.7 Å². The number of carbonyl (C=O) groups is 2. The summed E-state index contributed by atoms with van der Waals surface area (Å²) in [4.78, 5) is 30.6. The van der Waals surface area contributed by atoms with Crippen molar-refractivity contribution >= 4 is 12.1 Å². The predicted octanol–water partition coefficient (Wildman–Crippen LogP) is 4.54. The first-order valence-electron chi connectivity index (χ1n) is 12.9. The van der Waals surface area contributed by atoms with Crippen LogP contribution in [-0.2, 0) is 23.2 Å². The molecule has 36 heavy (non-hydrogen) atoms. The summed E-state index contributed by atoms with van der Waals surface area (Å²) >= 11 is 0. The van der Waals surface area contributed by atoms with Gasteiger partial charge in [-0.2, -0.15) is 0 Å². The van der Waals surface area contributed by atoms with Crippen LogP contribution < -0.4 is 4.74 Å². The van der Waals surface area contributed by atoms with Gasteiger partial charge in [0.2, 0.25) is 0 Å². The third-order valence-corrected chi connectivity index (χ3v) is 7.27. The lowest BCUT2D eigenvalue weighted by atomic mass is 9.74. The molecule has 0 aromatic carbocycles. The Balaban J connectivity index is 1.51. The Morgan fingerprint density at radius 3 is 2.75 bits per heavy atom. The fraction of sp³-hybridized carbons (Fsp3) is 0.654. The lowest BCUT2D eigenvalue weighted by Gasteiger charge is -2.35. The van der Waals surface area contributed by atoms with Crippen molar-refractivity contribution in [1.29, 1.82) is 0 Å². The van der Waals surface area contributed by atoms with Crippen molar-refractivity contribution < 1.29 is 24.2 Å². The van der Waals surface area contributed by atoms with E-state index in [-0.39, 0.29) is 18.8 Å². The van der Waals surface area contributed by atoms with E-state index in [2.05, 4.69) is 17.2 Å². The van der Waals surface area contributed by atoms with Crippen LogP contribution in [0, 0.1) is 5.41 Å². The number of carboxylic acids is 1. The first-order valence-corrected chi connectivity index (χ1v) is 12.9. The number of carbonyl (C=O) groups excluding carboxylic acids is 1. The van der Waals surface area contributed by atoms with Gasteiger partial charge in [0, 0.05) is 33.0 Å². The number of rotatable bonds is 10. The highest BCUT2D eigenvalue weighted by Gasteiger charge is 2.40. The number of pyridine rings is 1. The molecule has 4 rings (SSSR count). The van der Waals surface area contributed by atoms with Gasteiger partial charge < -0.3 is 19.5 Å². The standard InChI is InChI=1S/C26H37N5O5/c1-5-6-14-30(3)25(34)35-16-20-23(28-29-31(20)4)19-11-12-21(22(27-19)17-9-10-17)36-18-8-7-13-26(2,15-18)24(32)33/h11-12,17-18H,5-10,13-16H2,1-4H3,(H,32,33)/t18-,26-/m0/s1. The summed E-state index contributed by atoms with van der Waals surface area (Å²) in [5, 5.41) is 18.1. The zero-order valence-electron chi connectivity index (χ0n) is 21.7. The Labute approximate surface area is 212 Å². The van der Waals surface area contributed by atoms with Crippen molar-refractivity contribution in [2.24, 2.45) is 12.5 Å². The Kier molecular flexibility index (Phi) is 7.80. The SMILES string of the molecule is CCCCN(C)C(=O)OCc1c(-c2ccc(O[C@H]3CCC[C@](C)(C(=O)O)C3)c(C3CC3)n2)nnn1C. The average molecular weight is 500 g/mol. The van der Waals surface area contributed by atoms with Gasteiger partial charge in [-0.05, 0) is 57.6 Å². The first kappa shape index (κ1) is 25.9. The summed E-state index contributed by atoms with van der Waals surface area (Å²) in [6.45, 7) is 4.57. The van der Waals surface area contributed by atoms with E-state index in [1.54, 1.807) is 30.6 Å². The second-order valence-electron chi connectivity index (χ2n) is 10.4. The van der Waals surface area contributed by atoms with Crippen molar-refractivity contribution in [2.45, 2.75) is 83.8 Å². The van der Waals surface area contributed by atoms with Crippen LogP contribution in [0.25, 0.3) is 11.4 Å². The zero-order chi connectivity index (χ0) is 25.9. The largest absolute Gasteiger partial charge is 0.488 e. The van der Waals surface area contributed by atoms with Crippen LogP contribution >= 0.6 is 0 Å². The molecule has 2 aliphatic carbocycles. The van der Waals surface area contributed by atoms with E-state index < -0.39 is 11.4 Å². The van der Waals surface area contributed by atoms with Gasteiger partial charge in [0.25, 0.3) is 0 Å². The molecule has 2 heterocycles. The van der Waals surface area contributed by atoms with E-state index in [0.29, 0.717) is 42.4 Å². The summed E-state index contributed by atoms with van der Waals surface area (Å²) in [7, 11) is 3.50. The van der Waals surface area contributed by atoms with Gasteiger partial charge in [-0.15, -0.1) is 5.10 Å². The van der Waals surface area contributed by atoms with Crippen molar-refractivity contribution in [2.75, 3.05) is 13.6 Å². The molecule has 0 bridgehead atoms. The van der Waals surface area contributed by atoms with Crippen LogP contribution in [0.15, 0.2) is 12.1 Å². The van der Waals surface area contributed by atoms with Gasteiger partial charge in [0.15, 0.2) is 0 Å². The van der Waals surface area contributed by atoms with Crippen molar-refractivity contribution in [3.05, 3.63) is 23.5 Å². The minimum absolute atomic E-state index is 0.0443. The zero-order valence-corrected chi connectivity index (χ0v) is 21.7. The van der Waals surface area contributed by atoms with E-state index in [4.69, 9.17) is 14.5 Å². The summed E-state index contributed by atoms with van der Waals surface area (Å²) in [5.41, 5.74) is 2.02. The fourth-order valence-corrected chi connectivity index (χ4v) is 4.71. The monoisotopic (exact) mass is 499 g/mol. The summed E-state index contributed by atoms with van der Waals surface area (Å²) in [5.74, 6) is 0.272. The molecule has 2 aromatic heterocycles. The Morgan fingerprint density at radius 2 is 2.06 bits per heavy atom. The number of unbranched alkanes of at least 4 members (excludes halogenated alkanes) is 1. The number of nitrogens with zero attached hydrogens (tertiary/aromatic N) is 5. The maximum absolute atomic E-state index is 12.4. The van der Waals surface area contributed by atoms with Crippen LogP contribution in [0.2, 0.25) is 0 Å². The van der Waals surface area contributed by atoms with Crippen LogP contribution in [0.4, 0.5) is 4.79 Å². The number of amides is 1. The molecule has 2 saturated carbocycles. The maximum Gasteiger partial charge on any atom is 0.409 e. The molecule has 0 aliphatic heterocycles. The van der Waals surface area contributed by atoms with Gasteiger partial charge in [0.1, 0.15) is 23.7 Å². The van der Waals surface area contributed by atoms with Gasteiger partial charge >= 0.3 is 12.1 Å². The third-order valence-electron chi connectivity index (χ3n) is 7.27. The highest BCUT2D eigenvalue weighted by molar-refractivity contribution is 5.74. The highest BCUT2D eigenvalue weighted by atomic mass is 16.6. The molecular formula is C26H37N5O5. The second-order valence-corrected chi connectivity index (χ2v) is 10.4. The van der Waals surface area contributed by atoms with Crippen molar-refractivity contribution in [1.82, 2.24) is 24.9 Å². The van der Waals surface area contributed by atoms with E-state index >= 15 is 0 Å². The number of hydrogen-bond acceptors (Lipinski definition) is 7. The second kappa shape index (κ2) is 10.8. The molecule has 0 spiro atoms. The Hall–Kier alpha value is -3.17. The topological polar surface area (TPSA) is 120 Å². The molecular weight excluding hydrogens is 462 g/mol. The summed E-state index contributed by atoms with van der Waals surface area (Å²) in [6.07, 6.45) is 6.29. The third kappa shape index (κ3) is 5.79. The van der Waals surface area contributed by atoms with Crippen LogP contribution in [0.5, 0.6) is 5.75 Å². The van der Waals surface area contributed by atoms with Gasteiger partial charge in [0.05, 0.1) is 22.9 Å². The van der Waals surface area contributed by atoms with Gasteiger partial charge in [-0.3, -0.25) is 4.79 Å². The molecule has 1 N–H and O–H groups in total. The van der Waals surface area contributed by atoms with Gasteiger partial charge in [-0.25, -0.2) is 14.5 Å².